The highest BCUT2D eigenvalue weighted by molar-refractivity contribution is 5.90. The Kier molecular flexibility index (Phi) is 21.0. The Morgan fingerprint density at radius 1 is 0.595 bits per heavy atom. The molecule has 84 heavy (non-hydrogen) atoms. The van der Waals surface area contributed by atoms with Gasteiger partial charge in [0.1, 0.15) is 65.8 Å². The summed E-state index contributed by atoms with van der Waals surface area (Å²) in [5, 5.41) is 30.8. The Morgan fingerprint density at radius 2 is 1.04 bits per heavy atom. The summed E-state index contributed by atoms with van der Waals surface area (Å²) in [7, 11) is 3.83. The monoisotopic (exact) mass is 1120 g/mol. The van der Waals surface area contributed by atoms with E-state index in [1.54, 1.807) is 30.5 Å². The van der Waals surface area contributed by atoms with Crippen LogP contribution in [0.2, 0.25) is 0 Å². The summed E-state index contributed by atoms with van der Waals surface area (Å²) >= 11 is 0. The van der Waals surface area contributed by atoms with Crippen LogP contribution in [0.15, 0.2) is 179 Å². The summed E-state index contributed by atoms with van der Waals surface area (Å²) in [5.74, 6) is 1.35. The molecule has 1 amide bonds. The zero-order valence-corrected chi connectivity index (χ0v) is 46.1. The molecule has 0 aliphatic carbocycles. The van der Waals surface area contributed by atoms with Gasteiger partial charge < -0.3 is 60.5 Å². The van der Waals surface area contributed by atoms with Gasteiger partial charge in [0.25, 0.3) is 0 Å². The van der Waals surface area contributed by atoms with Gasteiger partial charge in [-0.05, 0) is 106 Å². The molecule has 0 atom stereocenters. The number of carbonyl (C=O) groups excluding carboxylic acids is 1. The third-order valence-corrected chi connectivity index (χ3v) is 12.4. The van der Waals surface area contributed by atoms with Crippen LogP contribution in [0.3, 0.4) is 0 Å². The molecule has 10 rings (SSSR count). The Bertz CT molecular complexity index is 3830. The maximum atomic E-state index is 12.2. The summed E-state index contributed by atoms with van der Waals surface area (Å²) < 4.78 is 27.7. The fraction of sp³-hybridized carbons (Fsp3) is 0.159. The number of nitrogens with one attached hydrogen (secondary N) is 1. The number of aliphatic hydroxyl groups excluding tert-OH is 1. The van der Waals surface area contributed by atoms with Gasteiger partial charge in [-0.25, -0.2) is 24.7 Å². The lowest BCUT2D eigenvalue weighted by Crippen LogP contribution is -2.28. The number of likely N-dealkylation sites (N-methyl/N-ethyl adjacent to an activating group) is 2. The SMILES string of the molecule is CN(CCO)c1ccc(/C=C(\C#N)c2nc3ccccc3o2)cc1.CN(CCOC(=O)NCc1ccc(COc2nccc(N)n2)cc1)c1ccc(/C=C(\C#N)c2nc3ccccc3o2)cc1.NCc1ccc(COc2nccc(N)n2)cc1. The van der Waals surface area contributed by atoms with Gasteiger partial charge in [0.15, 0.2) is 11.2 Å². The zero-order chi connectivity index (χ0) is 59.0. The molecule has 0 saturated heterocycles. The zero-order valence-electron chi connectivity index (χ0n) is 46.1. The highest BCUT2D eigenvalue weighted by Crippen LogP contribution is 2.26. The van der Waals surface area contributed by atoms with Gasteiger partial charge >= 0.3 is 18.1 Å². The van der Waals surface area contributed by atoms with Gasteiger partial charge in [-0.2, -0.15) is 20.5 Å². The van der Waals surface area contributed by atoms with Gasteiger partial charge in [0, 0.05) is 57.5 Å². The molecule has 10 aromatic rings. The van der Waals surface area contributed by atoms with Crippen LogP contribution in [-0.4, -0.2) is 81.5 Å². The van der Waals surface area contributed by atoms with Gasteiger partial charge in [-0.3, -0.25) is 0 Å². The standard InChI is InChI=1S/C32H29N7O4.C19H17N3O2.C12H14N4O/c1-39(26-12-10-22(11-13-26)18-25(19-33)30-37-27-4-2-3-5-28(27)43-30)16-17-41-32(40)36-20-23-6-8-24(9-7-23)21-42-31-35-15-14-29(34)38-31;1-22(10-11-23)16-8-6-14(7-9-16)12-15(13-20)19-21-17-4-2-3-5-18(17)24-19;13-7-9-1-3-10(4-2-9)8-17-12-15-6-5-11(14)16-12/h2-15,18H,16-17,20-21H2,1H3,(H,36,40)(H2,34,35,38);2-9,12,23H,10-11H2,1H3;1-6H,7-8,13H2,(H2,14,15,16)/b25-18+;15-12+;. The molecule has 0 saturated carbocycles. The van der Waals surface area contributed by atoms with Crippen molar-refractivity contribution in [3.05, 3.63) is 215 Å². The van der Waals surface area contributed by atoms with Gasteiger partial charge in [-0.1, -0.05) is 97.1 Å². The van der Waals surface area contributed by atoms with E-state index in [0.717, 1.165) is 50.3 Å². The number of nitriles is 2. The summed E-state index contributed by atoms with van der Waals surface area (Å²) in [6.45, 7) is 2.97. The largest absolute Gasteiger partial charge is 0.459 e. The van der Waals surface area contributed by atoms with Crippen LogP contribution in [0.5, 0.6) is 12.0 Å². The van der Waals surface area contributed by atoms with Crippen LogP contribution < -0.4 is 41.8 Å². The smallest absolute Gasteiger partial charge is 0.407 e. The second-order valence-corrected chi connectivity index (χ2v) is 18.5. The minimum atomic E-state index is -0.497. The predicted molar refractivity (Wildman–Crippen MR) is 322 cm³/mol. The van der Waals surface area contributed by atoms with Gasteiger partial charge in [0.2, 0.25) is 11.8 Å². The number of aromatic nitrogens is 6. The number of allylic oxidation sites excluding steroid dienone is 2. The number of nitrogen functional groups attached to an aromatic ring is 2. The number of alkyl carbamates (subject to hydrolysis) is 1. The maximum Gasteiger partial charge on any atom is 0.407 e. The number of rotatable bonds is 20. The number of amides is 1. The molecule has 424 valence electrons. The third kappa shape index (κ3) is 17.4. The average Bonchev–Trinajstić information content (AvgIpc) is 4.39. The molecule has 4 heterocycles. The van der Waals surface area contributed by atoms with Crippen LogP contribution >= 0.6 is 0 Å². The summed E-state index contributed by atoms with van der Waals surface area (Å²) in [6, 6.07) is 53.7. The molecular weight excluding hydrogens is 1060 g/mol. The number of ether oxygens (including phenoxy) is 3. The normalized spacial score (nSPS) is 11.0. The molecule has 0 fully saturated rings. The van der Waals surface area contributed by atoms with Crippen LogP contribution in [-0.2, 0) is 31.0 Å². The number of anilines is 4. The van der Waals surface area contributed by atoms with E-state index >= 15 is 0 Å². The Balaban J connectivity index is 0.000000187. The van der Waals surface area contributed by atoms with Crippen molar-refractivity contribution in [2.75, 3.05) is 61.7 Å². The number of oxazole rings is 2. The fourth-order valence-corrected chi connectivity index (χ4v) is 7.82. The molecule has 4 aromatic heterocycles. The fourth-order valence-electron chi connectivity index (χ4n) is 7.82. The summed E-state index contributed by atoms with van der Waals surface area (Å²) in [5.41, 5.74) is 27.7. The van der Waals surface area contributed by atoms with E-state index in [2.05, 4.69) is 47.4 Å². The minimum absolute atomic E-state index is 0.106. The first-order valence-electron chi connectivity index (χ1n) is 26.3. The summed E-state index contributed by atoms with van der Waals surface area (Å²) in [4.78, 5) is 40.8. The van der Waals surface area contributed by atoms with Crippen molar-refractivity contribution in [3.63, 3.8) is 0 Å². The minimum Gasteiger partial charge on any atom is -0.459 e. The molecule has 8 N–H and O–H groups in total. The van der Waals surface area contributed by atoms with Crippen molar-refractivity contribution in [2.24, 2.45) is 5.73 Å². The van der Waals surface area contributed by atoms with Crippen molar-refractivity contribution >= 4 is 74.6 Å². The number of benzene rings is 6. The molecule has 0 aliphatic rings. The van der Waals surface area contributed by atoms with Crippen LogP contribution in [0.1, 0.15) is 45.2 Å². The Labute approximate surface area is 484 Å². The van der Waals surface area contributed by atoms with Crippen LogP contribution in [0.4, 0.5) is 27.8 Å². The first kappa shape index (κ1) is 59.0. The maximum absolute atomic E-state index is 12.2. The second kappa shape index (κ2) is 29.9. The Hall–Kier alpha value is -11.1. The first-order chi connectivity index (χ1) is 40.9. The molecule has 0 aliphatic heterocycles. The van der Waals surface area contributed by atoms with E-state index in [0.29, 0.717) is 84.7 Å². The summed E-state index contributed by atoms with van der Waals surface area (Å²) in [6.07, 6.45) is 6.09. The molecule has 21 nitrogen and oxygen atoms in total. The number of para-hydroxylation sites is 4. The average molecular weight is 1130 g/mol. The lowest BCUT2D eigenvalue weighted by Gasteiger charge is -2.19. The van der Waals surface area contributed by atoms with E-state index in [-0.39, 0.29) is 31.1 Å². The molecule has 21 heteroatoms. The third-order valence-electron chi connectivity index (χ3n) is 12.4. The topological polar surface area (TPSA) is 313 Å². The number of carbonyl (C=O) groups is 1. The van der Waals surface area contributed by atoms with E-state index in [4.69, 9.17) is 45.4 Å². The van der Waals surface area contributed by atoms with Crippen LogP contribution in [0.25, 0.3) is 45.5 Å². The highest BCUT2D eigenvalue weighted by Gasteiger charge is 2.13. The first-order valence-corrected chi connectivity index (χ1v) is 26.3. The second-order valence-electron chi connectivity index (χ2n) is 18.5. The molecule has 6 aromatic carbocycles. The van der Waals surface area contributed by atoms with Crippen molar-refractivity contribution in [1.29, 1.82) is 10.5 Å². The van der Waals surface area contributed by atoms with Crippen LogP contribution in [0, 0.1) is 22.7 Å². The number of nitrogens with two attached hydrogens (primary N) is 3. The van der Waals surface area contributed by atoms with Gasteiger partial charge in [0.05, 0.1) is 13.2 Å². The van der Waals surface area contributed by atoms with Crippen molar-refractivity contribution in [3.8, 4) is 24.2 Å². The Morgan fingerprint density at radius 3 is 1.46 bits per heavy atom. The van der Waals surface area contributed by atoms with E-state index < -0.39 is 6.09 Å². The predicted octanol–water partition coefficient (Wildman–Crippen LogP) is 9.62. The van der Waals surface area contributed by atoms with E-state index in [1.165, 1.54) is 6.20 Å². The number of fused-ring (bicyclic) bond motifs is 2. The number of hydrogen-bond donors (Lipinski definition) is 5. The van der Waals surface area contributed by atoms with Crippen molar-refractivity contribution in [1.82, 2.24) is 35.2 Å². The lowest BCUT2D eigenvalue weighted by atomic mass is 10.1. The number of nitrogens with zero attached hydrogens (tertiary/aromatic N) is 10. The van der Waals surface area contributed by atoms with Gasteiger partial charge in [-0.15, -0.1) is 0 Å². The van der Waals surface area contributed by atoms with E-state index in [9.17, 15) is 15.3 Å². The quantitative estimate of drug-likeness (QED) is 0.0443. The van der Waals surface area contributed by atoms with Crippen molar-refractivity contribution in [2.45, 2.75) is 26.3 Å². The van der Waals surface area contributed by atoms with E-state index in [1.807, 2.05) is 169 Å². The molecule has 0 bridgehead atoms. The molecule has 0 unspecified atom stereocenters. The highest BCUT2D eigenvalue weighted by atomic mass is 16.5. The number of hydrogen-bond acceptors (Lipinski definition) is 20. The van der Waals surface area contributed by atoms with Crippen molar-refractivity contribution < 1.29 is 32.9 Å². The molecule has 0 radical (unpaired) electrons. The number of aliphatic hydroxyl groups is 1. The molecular formula is C63H60N14O7. The molecule has 0 spiro atoms. The lowest BCUT2D eigenvalue weighted by molar-refractivity contribution is 0.148.